The Labute approximate surface area is 163 Å². The molecule has 2 aliphatic rings. The van der Waals surface area contributed by atoms with Crippen LogP contribution in [0.5, 0.6) is 5.88 Å². The number of aromatic nitrogens is 3. The number of piperidine rings is 1. The molecule has 1 atom stereocenters. The molecule has 3 aromatic rings. The van der Waals surface area contributed by atoms with Gasteiger partial charge in [-0.3, -0.25) is 0 Å². The highest BCUT2D eigenvalue weighted by Crippen LogP contribution is 2.41. The molecule has 1 aliphatic carbocycles. The highest BCUT2D eigenvalue weighted by molar-refractivity contribution is 5.74. The minimum absolute atomic E-state index is 0.124. The van der Waals surface area contributed by atoms with Crippen molar-refractivity contribution in [3.05, 3.63) is 48.0 Å². The number of imidazole rings is 1. The van der Waals surface area contributed by atoms with E-state index in [1.807, 2.05) is 22.8 Å². The predicted octanol–water partition coefficient (Wildman–Crippen LogP) is 3.96. The number of nitrogens with one attached hydrogen (secondary N) is 1. The number of rotatable bonds is 5. The van der Waals surface area contributed by atoms with Crippen LogP contribution in [0.1, 0.15) is 37.3 Å². The summed E-state index contributed by atoms with van der Waals surface area (Å²) in [6.07, 6.45) is 6.50. The summed E-state index contributed by atoms with van der Waals surface area (Å²) in [6, 6.07) is 8.30. The van der Waals surface area contributed by atoms with Crippen molar-refractivity contribution < 1.29 is 9.13 Å². The van der Waals surface area contributed by atoms with Gasteiger partial charge in [-0.2, -0.15) is 0 Å². The van der Waals surface area contributed by atoms with Crippen molar-refractivity contribution in [1.82, 2.24) is 19.5 Å². The quantitative estimate of drug-likeness (QED) is 0.725. The highest BCUT2D eigenvalue weighted by Gasteiger charge is 2.29. The van der Waals surface area contributed by atoms with Gasteiger partial charge in [0.2, 0.25) is 5.88 Å². The molecule has 0 amide bonds. The zero-order valence-corrected chi connectivity index (χ0v) is 15.9. The second-order valence-corrected chi connectivity index (χ2v) is 7.87. The molecule has 2 fully saturated rings. The van der Waals surface area contributed by atoms with Crippen LogP contribution < -0.4 is 10.1 Å². The molecule has 0 unspecified atom stereocenters. The van der Waals surface area contributed by atoms with E-state index in [0.29, 0.717) is 17.5 Å². The zero-order valence-electron chi connectivity index (χ0n) is 15.9. The Kier molecular flexibility index (Phi) is 4.39. The van der Waals surface area contributed by atoms with Gasteiger partial charge in [-0.15, -0.1) is 5.10 Å². The number of fused-ring (bicyclic) bond motifs is 1. The average Bonchev–Trinajstić information content (AvgIpc) is 3.41. The van der Waals surface area contributed by atoms with Gasteiger partial charge in [-0.25, -0.2) is 13.9 Å². The Balaban J connectivity index is 1.51. The van der Waals surface area contributed by atoms with E-state index in [0.717, 1.165) is 43.0 Å². The molecule has 28 heavy (non-hydrogen) atoms. The smallest absolute Gasteiger partial charge is 0.234 e. The number of likely N-dealkylation sites (tertiary alicyclic amines) is 1. The van der Waals surface area contributed by atoms with Crippen LogP contribution in [0, 0.1) is 5.82 Å². The van der Waals surface area contributed by atoms with Crippen molar-refractivity contribution >= 4 is 17.0 Å². The summed E-state index contributed by atoms with van der Waals surface area (Å²) >= 11 is 0. The van der Waals surface area contributed by atoms with Crippen LogP contribution in [-0.2, 0) is 0 Å². The molecule has 1 aliphatic heterocycles. The van der Waals surface area contributed by atoms with Gasteiger partial charge in [-0.05, 0) is 57.5 Å². The third kappa shape index (κ3) is 3.54. The van der Waals surface area contributed by atoms with Gasteiger partial charge in [0, 0.05) is 24.2 Å². The Bertz CT molecular complexity index is 1000. The fourth-order valence-corrected chi connectivity index (χ4v) is 3.88. The lowest BCUT2D eigenvalue weighted by atomic mass is 10.1. The molecule has 0 spiro atoms. The Hall–Kier alpha value is -2.67. The van der Waals surface area contributed by atoms with Crippen LogP contribution in [0.15, 0.2) is 36.5 Å². The summed E-state index contributed by atoms with van der Waals surface area (Å²) in [7, 11) is 2.12. The first kappa shape index (κ1) is 17.4. The van der Waals surface area contributed by atoms with Gasteiger partial charge in [0.05, 0.1) is 17.6 Å². The zero-order chi connectivity index (χ0) is 19.1. The van der Waals surface area contributed by atoms with Crippen molar-refractivity contribution in [3.63, 3.8) is 0 Å². The number of hydrogen-bond donors (Lipinski definition) is 1. The normalized spacial score (nSPS) is 20.4. The fourth-order valence-electron chi connectivity index (χ4n) is 3.88. The van der Waals surface area contributed by atoms with Gasteiger partial charge in [0.1, 0.15) is 11.9 Å². The minimum atomic E-state index is -0.279. The van der Waals surface area contributed by atoms with Gasteiger partial charge < -0.3 is 15.0 Å². The van der Waals surface area contributed by atoms with Crippen molar-refractivity contribution in [2.45, 2.75) is 37.7 Å². The standard InChI is InChI=1S/C21H24FN5O/c1-26-9-3-6-17(13-26)28-20-11-18(24-16-5-2-4-15(22)10-16)21-23-12-19(14-7-8-14)27(21)25-20/h2,4-5,10-12,14,17,24H,3,6-9,13H2,1H3/t17-/m1/s1. The summed E-state index contributed by atoms with van der Waals surface area (Å²) in [5.41, 5.74) is 3.29. The van der Waals surface area contributed by atoms with Crippen LogP contribution in [0.4, 0.5) is 15.8 Å². The summed E-state index contributed by atoms with van der Waals surface area (Å²) in [5, 5.41) is 8.03. The second kappa shape index (κ2) is 7.05. The molecular weight excluding hydrogens is 357 g/mol. The predicted molar refractivity (Wildman–Crippen MR) is 106 cm³/mol. The molecule has 146 valence electrons. The van der Waals surface area contributed by atoms with Crippen LogP contribution in [0.2, 0.25) is 0 Å². The number of ether oxygens (including phenoxy) is 1. The number of anilines is 2. The SMILES string of the molecule is CN1CCC[C@@H](Oc2cc(Nc3cccc(F)c3)c3ncc(C4CC4)n3n2)C1. The molecule has 1 saturated heterocycles. The Morgan fingerprint density at radius 1 is 1.21 bits per heavy atom. The molecular formula is C21H24FN5O. The maximum absolute atomic E-state index is 13.6. The van der Waals surface area contributed by atoms with E-state index in [1.165, 1.54) is 25.0 Å². The molecule has 1 N–H and O–H groups in total. The largest absolute Gasteiger partial charge is 0.472 e. The van der Waals surface area contributed by atoms with E-state index >= 15 is 0 Å². The summed E-state index contributed by atoms with van der Waals surface area (Å²) < 4.78 is 21.8. The number of nitrogens with zero attached hydrogens (tertiary/aromatic N) is 4. The summed E-state index contributed by atoms with van der Waals surface area (Å²) in [5.74, 6) is 0.811. The third-order valence-electron chi connectivity index (χ3n) is 5.44. The Morgan fingerprint density at radius 2 is 2.11 bits per heavy atom. The van der Waals surface area contributed by atoms with Gasteiger partial charge in [0.25, 0.3) is 0 Å². The maximum atomic E-state index is 13.6. The molecule has 6 nitrogen and oxygen atoms in total. The lowest BCUT2D eigenvalue weighted by Crippen LogP contribution is -2.38. The summed E-state index contributed by atoms with van der Waals surface area (Å²) in [4.78, 5) is 6.86. The minimum Gasteiger partial charge on any atom is -0.472 e. The molecule has 1 saturated carbocycles. The first-order valence-corrected chi connectivity index (χ1v) is 9.92. The van der Waals surface area contributed by atoms with Crippen molar-refractivity contribution in [1.29, 1.82) is 0 Å². The maximum Gasteiger partial charge on any atom is 0.234 e. The molecule has 0 bridgehead atoms. The lowest BCUT2D eigenvalue weighted by Gasteiger charge is -2.29. The van der Waals surface area contributed by atoms with Crippen LogP contribution >= 0.6 is 0 Å². The van der Waals surface area contributed by atoms with E-state index in [1.54, 1.807) is 6.07 Å². The number of halogens is 1. The summed E-state index contributed by atoms with van der Waals surface area (Å²) in [6.45, 7) is 2.00. The first-order valence-electron chi connectivity index (χ1n) is 9.92. The van der Waals surface area contributed by atoms with E-state index < -0.39 is 0 Å². The molecule has 5 rings (SSSR count). The topological polar surface area (TPSA) is 54.7 Å². The molecule has 3 heterocycles. The van der Waals surface area contributed by atoms with E-state index in [4.69, 9.17) is 9.84 Å². The van der Waals surface area contributed by atoms with Gasteiger partial charge in [0.15, 0.2) is 5.65 Å². The van der Waals surface area contributed by atoms with Gasteiger partial charge in [-0.1, -0.05) is 6.07 Å². The Morgan fingerprint density at radius 3 is 2.89 bits per heavy atom. The van der Waals surface area contributed by atoms with Crippen LogP contribution in [0.3, 0.4) is 0 Å². The average molecular weight is 381 g/mol. The monoisotopic (exact) mass is 381 g/mol. The first-order chi connectivity index (χ1) is 13.7. The van der Waals surface area contributed by atoms with Crippen LogP contribution in [0.25, 0.3) is 5.65 Å². The molecule has 1 aromatic carbocycles. The van der Waals surface area contributed by atoms with E-state index in [-0.39, 0.29) is 11.9 Å². The number of benzene rings is 1. The van der Waals surface area contributed by atoms with Crippen molar-refractivity contribution in [2.24, 2.45) is 0 Å². The number of likely N-dealkylation sites (N-methyl/N-ethyl adjacent to an activating group) is 1. The molecule has 2 aromatic heterocycles. The third-order valence-corrected chi connectivity index (χ3v) is 5.44. The lowest BCUT2D eigenvalue weighted by molar-refractivity contribution is 0.0988. The fraction of sp³-hybridized carbons (Fsp3) is 0.429. The van der Waals surface area contributed by atoms with Crippen molar-refractivity contribution in [3.8, 4) is 5.88 Å². The highest BCUT2D eigenvalue weighted by atomic mass is 19.1. The van der Waals surface area contributed by atoms with Crippen molar-refractivity contribution in [2.75, 3.05) is 25.5 Å². The second-order valence-electron chi connectivity index (χ2n) is 7.87. The van der Waals surface area contributed by atoms with E-state index in [9.17, 15) is 4.39 Å². The van der Waals surface area contributed by atoms with Crippen LogP contribution in [-0.4, -0.2) is 45.7 Å². The number of hydrogen-bond acceptors (Lipinski definition) is 5. The van der Waals surface area contributed by atoms with Gasteiger partial charge >= 0.3 is 0 Å². The molecule has 0 radical (unpaired) electrons. The molecule has 7 heteroatoms. The van der Waals surface area contributed by atoms with E-state index in [2.05, 4.69) is 22.2 Å².